The fourth-order valence-corrected chi connectivity index (χ4v) is 5.20. The van der Waals surface area contributed by atoms with Crippen LogP contribution >= 0.6 is 0 Å². The third-order valence-electron chi connectivity index (χ3n) is 3.86. The predicted octanol–water partition coefficient (Wildman–Crippen LogP) is 5.52. The molecule has 0 bridgehead atoms. The van der Waals surface area contributed by atoms with Crippen LogP contribution in [0.5, 0.6) is 0 Å². The molecule has 0 aromatic carbocycles. The highest BCUT2D eigenvalue weighted by atomic mass is 27.2. The highest BCUT2D eigenvalue weighted by Gasteiger charge is 2.17. The minimum Gasteiger partial charge on any atom is -0.0967 e. The Morgan fingerprint density at radius 1 is 0.867 bits per heavy atom. The molecule has 1 unspecified atom stereocenters. The zero-order valence-electron chi connectivity index (χ0n) is 11.5. The van der Waals surface area contributed by atoms with Crippen molar-refractivity contribution in [3.8, 4) is 0 Å². The standard InChI is InChI=1S/C10H21.2C2H5.Al/c1-4-6-7-8-9-10(3)5-2;2*1-2;/h10H,3-9H2,1-2H3;2*1H2,2H3;. The highest BCUT2D eigenvalue weighted by molar-refractivity contribution is 6.58. The van der Waals surface area contributed by atoms with Gasteiger partial charge in [0.2, 0.25) is 0 Å². The van der Waals surface area contributed by atoms with Crippen molar-refractivity contribution in [2.75, 3.05) is 0 Å². The van der Waals surface area contributed by atoms with Gasteiger partial charge in [-0.2, -0.15) is 0 Å². The fourth-order valence-electron chi connectivity index (χ4n) is 2.44. The van der Waals surface area contributed by atoms with Gasteiger partial charge < -0.3 is 0 Å². The number of unbranched alkanes of at least 4 members (excludes halogenated alkanes) is 3. The van der Waals surface area contributed by atoms with E-state index in [0.29, 0.717) is 0 Å². The van der Waals surface area contributed by atoms with Crippen molar-refractivity contribution in [1.82, 2.24) is 0 Å². The van der Waals surface area contributed by atoms with Crippen LogP contribution in [0.15, 0.2) is 0 Å². The third-order valence-corrected chi connectivity index (χ3v) is 7.51. The van der Waals surface area contributed by atoms with E-state index in [1.165, 1.54) is 49.1 Å². The maximum Gasteiger partial charge on any atom is 0.261 e. The summed E-state index contributed by atoms with van der Waals surface area (Å²) in [5.41, 5.74) is 0. The van der Waals surface area contributed by atoms with Crippen molar-refractivity contribution in [1.29, 1.82) is 0 Å². The summed E-state index contributed by atoms with van der Waals surface area (Å²) in [6, 6.07) is 0. The second kappa shape index (κ2) is 11.0. The van der Waals surface area contributed by atoms with E-state index in [9.17, 15) is 0 Å². The topological polar surface area (TPSA) is 0 Å². The van der Waals surface area contributed by atoms with Crippen LogP contribution in [0.1, 0.15) is 66.2 Å². The Bertz CT molecular complexity index is 119. The molecule has 0 aliphatic rings. The summed E-state index contributed by atoms with van der Waals surface area (Å²) in [4.78, 5) is 0. The van der Waals surface area contributed by atoms with Crippen molar-refractivity contribution >= 4 is 14.1 Å². The van der Waals surface area contributed by atoms with Crippen molar-refractivity contribution in [2.24, 2.45) is 5.92 Å². The number of hydrogen-bond donors (Lipinski definition) is 0. The van der Waals surface area contributed by atoms with Gasteiger partial charge in [-0.15, -0.1) is 0 Å². The van der Waals surface area contributed by atoms with E-state index in [2.05, 4.69) is 27.7 Å². The van der Waals surface area contributed by atoms with Crippen molar-refractivity contribution in [3.05, 3.63) is 0 Å². The molecule has 0 aromatic heterocycles. The van der Waals surface area contributed by atoms with E-state index in [1.54, 1.807) is 5.28 Å². The minimum atomic E-state index is -0.326. The summed E-state index contributed by atoms with van der Waals surface area (Å²) in [5.74, 6) is 1.07. The third kappa shape index (κ3) is 8.35. The first-order valence-corrected chi connectivity index (χ1v) is 9.73. The number of rotatable bonds is 10. The molecule has 0 N–H and O–H groups in total. The second-order valence-corrected chi connectivity index (χ2v) is 8.88. The molecule has 0 heterocycles. The molecule has 90 valence electrons. The van der Waals surface area contributed by atoms with Crippen LogP contribution in [0, 0.1) is 5.92 Å². The Balaban J connectivity index is 3.61. The molecule has 1 heteroatoms. The molecule has 0 amide bonds. The molecule has 0 saturated carbocycles. The molecule has 0 aliphatic carbocycles. The molecular weight excluding hydrogens is 195 g/mol. The van der Waals surface area contributed by atoms with Gasteiger partial charge in [-0.1, -0.05) is 88.0 Å². The van der Waals surface area contributed by atoms with Gasteiger partial charge in [0.05, 0.1) is 0 Å². The Morgan fingerprint density at radius 2 is 1.53 bits per heavy atom. The van der Waals surface area contributed by atoms with Crippen molar-refractivity contribution < 1.29 is 0 Å². The van der Waals surface area contributed by atoms with E-state index in [1.807, 2.05) is 0 Å². The highest BCUT2D eigenvalue weighted by Crippen LogP contribution is 2.22. The minimum absolute atomic E-state index is 0.326. The van der Waals surface area contributed by atoms with E-state index < -0.39 is 0 Å². The second-order valence-electron chi connectivity index (χ2n) is 5.04. The molecule has 0 aromatic rings. The molecule has 0 saturated heterocycles. The zero-order valence-corrected chi connectivity index (χ0v) is 12.7. The smallest absolute Gasteiger partial charge is 0.0967 e. The Kier molecular flexibility index (Phi) is 11.4. The maximum absolute atomic E-state index is 2.41. The molecule has 1 atom stereocenters. The van der Waals surface area contributed by atoms with E-state index in [0.717, 1.165) is 5.92 Å². The summed E-state index contributed by atoms with van der Waals surface area (Å²) >= 11 is -0.326. The lowest BCUT2D eigenvalue weighted by Crippen LogP contribution is -2.14. The summed E-state index contributed by atoms with van der Waals surface area (Å²) in [6.45, 7) is 9.50. The van der Waals surface area contributed by atoms with Crippen molar-refractivity contribution in [3.63, 3.8) is 0 Å². The zero-order chi connectivity index (χ0) is 11.5. The van der Waals surface area contributed by atoms with Crippen LogP contribution in [0.2, 0.25) is 15.8 Å². The van der Waals surface area contributed by atoms with Crippen LogP contribution in [-0.2, 0) is 0 Å². The quantitative estimate of drug-likeness (QED) is 0.340. The fraction of sp³-hybridized carbons (Fsp3) is 1.00. The predicted molar refractivity (Wildman–Crippen MR) is 74.1 cm³/mol. The molecule has 0 fully saturated rings. The Labute approximate surface area is 102 Å². The molecular formula is C14H31Al. The molecule has 0 aliphatic heterocycles. The van der Waals surface area contributed by atoms with Crippen LogP contribution in [0.4, 0.5) is 0 Å². The largest absolute Gasteiger partial charge is 0.261 e. The summed E-state index contributed by atoms with van der Waals surface area (Å²) in [7, 11) is 0. The average Bonchev–Trinajstić information content (AvgIpc) is 2.28. The van der Waals surface area contributed by atoms with Gasteiger partial charge in [-0.3, -0.25) is 0 Å². The monoisotopic (exact) mass is 226 g/mol. The van der Waals surface area contributed by atoms with E-state index in [-0.39, 0.29) is 14.1 Å². The Morgan fingerprint density at radius 3 is 2.00 bits per heavy atom. The first-order valence-electron chi connectivity index (χ1n) is 7.28. The van der Waals surface area contributed by atoms with Gasteiger partial charge in [0.1, 0.15) is 0 Å². The molecule has 15 heavy (non-hydrogen) atoms. The molecule has 0 radical (unpaired) electrons. The lowest BCUT2D eigenvalue weighted by molar-refractivity contribution is 0.473. The van der Waals surface area contributed by atoms with Gasteiger partial charge in [0.15, 0.2) is 0 Å². The van der Waals surface area contributed by atoms with Crippen LogP contribution < -0.4 is 0 Å². The van der Waals surface area contributed by atoms with Crippen LogP contribution in [0.25, 0.3) is 0 Å². The van der Waals surface area contributed by atoms with Crippen molar-refractivity contribution in [2.45, 2.75) is 82.1 Å². The normalized spacial score (nSPS) is 12.8. The van der Waals surface area contributed by atoms with Crippen LogP contribution in [-0.4, -0.2) is 14.1 Å². The van der Waals surface area contributed by atoms with Crippen LogP contribution in [0.3, 0.4) is 0 Å². The Hall–Kier alpha value is 0.532. The molecule has 0 spiro atoms. The van der Waals surface area contributed by atoms with Gasteiger partial charge in [-0.25, -0.2) is 0 Å². The maximum atomic E-state index is 2.41. The summed E-state index contributed by atoms with van der Waals surface area (Å²) < 4.78 is 0. The molecule has 0 rings (SSSR count). The summed E-state index contributed by atoms with van der Waals surface area (Å²) in [6.07, 6.45) is 8.71. The lowest BCUT2D eigenvalue weighted by Gasteiger charge is -2.17. The van der Waals surface area contributed by atoms with E-state index in [4.69, 9.17) is 0 Å². The average molecular weight is 226 g/mol. The summed E-state index contributed by atoms with van der Waals surface area (Å²) in [5, 5.41) is 4.65. The number of hydrogen-bond acceptors (Lipinski definition) is 0. The molecule has 0 nitrogen and oxygen atoms in total. The first-order chi connectivity index (χ1) is 7.28. The first kappa shape index (κ1) is 15.5. The van der Waals surface area contributed by atoms with Gasteiger partial charge in [-0.05, 0) is 0 Å². The van der Waals surface area contributed by atoms with Gasteiger partial charge in [0, 0.05) is 0 Å². The van der Waals surface area contributed by atoms with E-state index >= 15 is 0 Å². The van der Waals surface area contributed by atoms with Gasteiger partial charge >= 0.3 is 0 Å². The van der Waals surface area contributed by atoms with Gasteiger partial charge in [0.25, 0.3) is 14.1 Å². The lowest BCUT2D eigenvalue weighted by atomic mass is 10.0. The SMILES string of the molecule is CCCCCCC(CC)[CH2][Al]([CH2]C)[CH2]C.